The Morgan fingerprint density at radius 3 is 2.11 bits per heavy atom. The van der Waals surface area contributed by atoms with E-state index in [0.29, 0.717) is 0 Å². The van der Waals surface area contributed by atoms with Crippen LogP contribution in [0.25, 0.3) is 0 Å². The molecule has 0 saturated heterocycles. The molecule has 0 aromatic heterocycles. The molecule has 0 aliphatic rings. The van der Waals surface area contributed by atoms with Gasteiger partial charge in [-0.15, -0.1) is 0 Å². The lowest BCUT2D eigenvalue weighted by Crippen LogP contribution is -2.28. The van der Waals surface area contributed by atoms with Gasteiger partial charge in [-0.25, -0.2) is 0 Å². The van der Waals surface area contributed by atoms with Crippen molar-refractivity contribution in [3.63, 3.8) is 0 Å². The maximum atomic E-state index is 5.52. The molecule has 0 aliphatic heterocycles. The van der Waals surface area contributed by atoms with Crippen molar-refractivity contribution in [2.45, 2.75) is 66.1 Å². The number of nitrogens with one attached hydrogen (secondary N) is 1. The Labute approximate surface area is 114 Å². The highest BCUT2D eigenvalue weighted by molar-refractivity contribution is 4.61. The molecule has 3 heteroatoms. The highest BCUT2D eigenvalue weighted by atomic mass is 16.7. The Bertz CT molecular complexity index is 159. The van der Waals surface area contributed by atoms with E-state index in [2.05, 4.69) is 19.2 Å². The molecule has 1 atom stereocenters. The van der Waals surface area contributed by atoms with Gasteiger partial charge < -0.3 is 14.8 Å². The minimum Gasteiger partial charge on any atom is -0.353 e. The molecule has 0 aromatic carbocycles. The largest absolute Gasteiger partial charge is 0.353 e. The first-order chi connectivity index (χ1) is 8.78. The van der Waals surface area contributed by atoms with Crippen LogP contribution >= 0.6 is 0 Å². The van der Waals surface area contributed by atoms with Crippen LogP contribution < -0.4 is 5.32 Å². The van der Waals surface area contributed by atoms with E-state index in [-0.39, 0.29) is 6.29 Å². The van der Waals surface area contributed by atoms with Gasteiger partial charge in [-0.2, -0.15) is 0 Å². The van der Waals surface area contributed by atoms with E-state index in [9.17, 15) is 0 Å². The standard InChI is InChI=1S/C15H33NO2/c1-5-9-10-14(6-2)13-16-12-11-15(17-7-3)18-8-4/h14-16H,5-13H2,1-4H3. The predicted molar refractivity (Wildman–Crippen MR) is 77.8 cm³/mol. The van der Waals surface area contributed by atoms with Gasteiger partial charge in [0, 0.05) is 19.6 Å². The van der Waals surface area contributed by atoms with Crippen LogP contribution in [0.1, 0.15) is 59.8 Å². The van der Waals surface area contributed by atoms with Gasteiger partial charge in [0.15, 0.2) is 6.29 Å². The van der Waals surface area contributed by atoms with Crippen molar-refractivity contribution in [2.24, 2.45) is 5.92 Å². The van der Waals surface area contributed by atoms with E-state index in [1.165, 1.54) is 25.7 Å². The van der Waals surface area contributed by atoms with Gasteiger partial charge in [0.05, 0.1) is 0 Å². The zero-order valence-electron chi connectivity index (χ0n) is 12.8. The summed E-state index contributed by atoms with van der Waals surface area (Å²) in [6, 6.07) is 0. The van der Waals surface area contributed by atoms with E-state index < -0.39 is 0 Å². The molecule has 0 radical (unpaired) electrons. The van der Waals surface area contributed by atoms with Gasteiger partial charge in [-0.1, -0.05) is 33.1 Å². The van der Waals surface area contributed by atoms with Crippen LogP contribution in [0.2, 0.25) is 0 Å². The summed E-state index contributed by atoms with van der Waals surface area (Å²) >= 11 is 0. The topological polar surface area (TPSA) is 30.5 Å². The second kappa shape index (κ2) is 13.3. The molecular formula is C15H33NO2. The molecule has 0 aromatic rings. The maximum absolute atomic E-state index is 5.52. The molecule has 1 N–H and O–H groups in total. The first kappa shape index (κ1) is 17.9. The van der Waals surface area contributed by atoms with Crippen molar-refractivity contribution in [1.82, 2.24) is 5.32 Å². The Morgan fingerprint density at radius 2 is 1.61 bits per heavy atom. The molecule has 3 nitrogen and oxygen atoms in total. The first-order valence-corrected chi connectivity index (χ1v) is 7.72. The number of unbranched alkanes of at least 4 members (excludes halogenated alkanes) is 1. The quantitative estimate of drug-likeness (QED) is 0.405. The molecule has 110 valence electrons. The molecule has 0 spiro atoms. The predicted octanol–water partition coefficient (Wildman–Crippen LogP) is 3.58. The molecule has 0 aliphatic carbocycles. The fourth-order valence-corrected chi connectivity index (χ4v) is 2.06. The van der Waals surface area contributed by atoms with Crippen LogP contribution in [0.3, 0.4) is 0 Å². The first-order valence-electron chi connectivity index (χ1n) is 7.72. The summed E-state index contributed by atoms with van der Waals surface area (Å²) < 4.78 is 11.0. The third-order valence-electron chi connectivity index (χ3n) is 3.24. The van der Waals surface area contributed by atoms with E-state index >= 15 is 0 Å². The number of rotatable bonds is 13. The number of hydrogen-bond acceptors (Lipinski definition) is 3. The summed E-state index contributed by atoms with van der Waals surface area (Å²) in [6.45, 7) is 12.1. The highest BCUT2D eigenvalue weighted by Crippen LogP contribution is 2.11. The molecule has 0 amide bonds. The smallest absolute Gasteiger partial charge is 0.158 e. The lowest BCUT2D eigenvalue weighted by molar-refractivity contribution is -0.138. The molecule has 0 heterocycles. The van der Waals surface area contributed by atoms with Crippen LogP contribution in [0, 0.1) is 5.92 Å². The van der Waals surface area contributed by atoms with E-state index in [1.807, 2.05) is 13.8 Å². The van der Waals surface area contributed by atoms with Crippen molar-refractivity contribution in [3.8, 4) is 0 Å². The Balaban J connectivity index is 3.60. The minimum atomic E-state index is -0.0387. The normalized spacial score (nSPS) is 13.2. The fraction of sp³-hybridized carbons (Fsp3) is 1.00. The Kier molecular flexibility index (Phi) is 13.2. The summed E-state index contributed by atoms with van der Waals surface area (Å²) in [6.07, 6.45) is 6.16. The van der Waals surface area contributed by atoms with Crippen molar-refractivity contribution < 1.29 is 9.47 Å². The van der Waals surface area contributed by atoms with Crippen LogP contribution in [0.15, 0.2) is 0 Å². The van der Waals surface area contributed by atoms with E-state index in [1.54, 1.807) is 0 Å². The fourth-order valence-electron chi connectivity index (χ4n) is 2.06. The van der Waals surface area contributed by atoms with Gasteiger partial charge in [0.2, 0.25) is 0 Å². The highest BCUT2D eigenvalue weighted by Gasteiger charge is 2.08. The lowest BCUT2D eigenvalue weighted by atomic mass is 9.99. The zero-order valence-corrected chi connectivity index (χ0v) is 12.8. The van der Waals surface area contributed by atoms with Crippen LogP contribution in [0.5, 0.6) is 0 Å². The minimum absolute atomic E-state index is 0.0387. The second-order valence-corrected chi connectivity index (χ2v) is 4.75. The third-order valence-corrected chi connectivity index (χ3v) is 3.24. The molecule has 18 heavy (non-hydrogen) atoms. The number of ether oxygens (including phenoxy) is 2. The van der Waals surface area contributed by atoms with Gasteiger partial charge in [0.25, 0.3) is 0 Å². The van der Waals surface area contributed by atoms with Gasteiger partial charge in [0.1, 0.15) is 0 Å². The SMILES string of the molecule is CCCCC(CC)CNCCC(OCC)OCC. The van der Waals surface area contributed by atoms with Crippen molar-refractivity contribution in [3.05, 3.63) is 0 Å². The van der Waals surface area contributed by atoms with Crippen molar-refractivity contribution >= 4 is 0 Å². The molecule has 1 unspecified atom stereocenters. The molecule has 0 fully saturated rings. The average molecular weight is 259 g/mol. The molecule has 0 saturated carbocycles. The van der Waals surface area contributed by atoms with Gasteiger partial charge >= 0.3 is 0 Å². The molecule has 0 rings (SSSR count). The summed E-state index contributed by atoms with van der Waals surface area (Å²) in [5, 5.41) is 3.53. The van der Waals surface area contributed by atoms with Gasteiger partial charge in [-0.05, 0) is 39.3 Å². The van der Waals surface area contributed by atoms with Crippen LogP contribution in [0.4, 0.5) is 0 Å². The van der Waals surface area contributed by atoms with E-state index in [0.717, 1.165) is 38.6 Å². The zero-order chi connectivity index (χ0) is 13.6. The van der Waals surface area contributed by atoms with Crippen LogP contribution in [-0.2, 0) is 9.47 Å². The van der Waals surface area contributed by atoms with E-state index in [4.69, 9.17) is 9.47 Å². The van der Waals surface area contributed by atoms with Crippen molar-refractivity contribution in [1.29, 1.82) is 0 Å². The monoisotopic (exact) mass is 259 g/mol. The van der Waals surface area contributed by atoms with Crippen LogP contribution in [-0.4, -0.2) is 32.6 Å². The number of hydrogen-bond donors (Lipinski definition) is 1. The van der Waals surface area contributed by atoms with Gasteiger partial charge in [-0.3, -0.25) is 0 Å². The summed E-state index contributed by atoms with van der Waals surface area (Å²) in [4.78, 5) is 0. The third kappa shape index (κ3) is 9.86. The lowest BCUT2D eigenvalue weighted by Gasteiger charge is -2.19. The Morgan fingerprint density at radius 1 is 0.944 bits per heavy atom. The average Bonchev–Trinajstić information content (AvgIpc) is 2.38. The summed E-state index contributed by atoms with van der Waals surface area (Å²) in [5.41, 5.74) is 0. The summed E-state index contributed by atoms with van der Waals surface area (Å²) in [5.74, 6) is 0.822. The second-order valence-electron chi connectivity index (χ2n) is 4.75. The van der Waals surface area contributed by atoms with Crippen molar-refractivity contribution in [2.75, 3.05) is 26.3 Å². The molecular weight excluding hydrogens is 226 g/mol. The molecule has 0 bridgehead atoms. The Hall–Kier alpha value is -0.120. The maximum Gasteiger partial charge on any atom is 0.158 e. The summed E-state index contributed by atoms with van der Waals surface area (Å²) in [7, 11) is 0.